The van der Waals surface area contributed by atoms with Crippen LogP contribution in [0.25, 0.3) is 0 Å². The quantitative estimate of drug-likeness (QED) is 0.0370. The zero-order valence-electron chi connectivity index (χ0n) is 58.1. The first-order valence-electron chi connectivity index (χ1n) is 33.6. The summed E-state index contributed by atoms with van der Waals surface area (Å²) in [6.45, 7) is 7.62. The van der Waals surface area contributed by atoms with E-state index < -0.39 is 182 Å². The second kappa shape index (κ2) is 35.0. The van der Waals surface area contributed by atoms with Gasteiger partial charge in [-0.05, 0) is 126 Å². The lowest BCUT2D eigenvalue weighted by molar-refractivity contribution is -0.247. The van der Waals surface area contributed by atoms with Gasteiger partial charge in [-0.15, -0.1) is 0 Å². The van der Waals surface area contributed by atoms with Crippen LogP contribution >= 0.6 is 0 Å². The molecule has 3 fully saturated rings. The Labute approximate surface area is 603 Å². The van der Waals surface area contributed by atoms with E-state index in [1.807, 2.05) is 0 Å². The van der Waals surface area contributed by atoms with Crippen molar-refractivity contribution in [3.05, 3.63) is 251 Å². The molecule has 3 heterocycles. The molecule has 0 aliphatic carbocycles. The molecule has 7 aromatic rings. The third-order valence-electron chi connectivity index (χ3n) is 16.6. The molecule has 3 aliphatic heterocycles. The van der Waals surface area contributed by atoms with Crippen molar-refractivity contribution in [2.45, 2.75) is 141 Å². The van der Waals surface area contributed by atoms with E-state index in [0.717, 1.165) is 6.92 Å². The van der Waals surface area contributed by atoms with E-state index in [1.54, 1.807) is 112 Å². The number of aliphatic hydroxyl groups excluding tert-OH is 1. The Morgan fingerprint density at radius 3 is 1.01 bits per heavy atom. The first kappa shape index (κ1) is 76.6. The normalized spacial score (nSPS) is 22.8. The van der Waals surface area contributed by atoms with Crippen LogP contribution in [-0.4, -0.2) is 177 Å². The molecule has 1 N–H and O–H groups in total. The Bertz CT molecular complexity index is 4120. The summed E-state index contributed by atoms with van der Waals surface area (Å²) in [5.41, 5.74) is -2.51. The summed E-state index contributed by atoms with van der Waals surface area (Å²) in [7, 11) is 0. The number of carbonyl (C=O) groups is 10. The van der Waals surface area contributed by atoms with Crippen LogP contribution in [0.2, 0.25) is 0 Å². The van der Waals surface area contributed by atoms with Gasteiger partial charge in [-0.3, -0.25) is 14.4 Å². The standard InChI is InChI=1S/C79H78O26/c1-46(80)94-60-57(98-73(88)63(60)105-77(90)79(5,6)7)56(45-93-76(89)78(2,3)4)97-75-65(102-72(87)53-41-27-14-28-42-53)62(100-70(85)51-37-23-12-24-38-51)59(104-75)55(96-68(83)49-33-19-10-20-34-49)44-92-74-64(101-71(86)52-39-25-13-26-40-52)61(99-69(84)50-35-21-11-22-36-50)58(103-74)54(95-67(82)48-31-17-9-18-32-48)43-91-66(81)47-29-15-8-16-30-47/h8-42,54-65,73-75,88H,43-45H2,1-7H3/t54-,55-,56-,57+,58+,59+,60+,61+,62+,63-,64-,65-,73?,74-,75-/m1/s1. The molecule has 550 valence electrons. The Morgan fingerprint density at radius 1 is 0.333 bits per heavy atom. The van der Waals surface area contributed by atoms with E-state index >= 15 is 0 Å². The molecule has 7 aromatic carbocycles. The van der Waals surface area contributed by atoms with Crippen molar-refractivity contribution in [1.82, 2.24) is 0 Å². The summed E-state index contributed by atoms with van der Waals surface area (Å²) < 4.78 is 94.1. The number of rotatable bonds is 27. The Kier molecular flexibility index (Phi) is 25.5. The van der Waals surface area contributed by atoms with E-state index in [1.165, 1.54) is 142 Å². The number of esters is 10. The summed E-state index contributed by atoms with van der Waals surface area (Å²) >= 11 is 0. The Hall–Kier alpha value is -11.0. The fourth-order valence-electron chi connectivity index (χ4n) is 11.2. The molecule has 26 nitrogen and oxygen atoms in total. The highest BCUT2D eigenvalue weighted by Gasteiger charge is 2.60. The maximum Gasteiger partial charge on any atom is 0.338 e. The van der Waals surface area contributed by atoms with Gasteiger partial charge < -0.3 is 76.2 Å². The summed E-state index contributed by atoms with van der Waals surface area (Å²) in [5.74, 6) is -9.80. The number of hydrogen-bond acceptors (Lipinski definition) is 26. The van der Waals surface area contributed by atoms with Gasteiger partial charge in [0.2, 0.25) is 0 Å². The van der Waals surface area contributed by atoms with E-state index in [-0.39, 0.29) is 38.9 Å². The summed E-state index contributed by atoms with van der Waals surface area (Å²) in [6.07, 6.45) is -28.7. The molecule has 0 spiro atoms. The van der Waals surface area contributed by atoms with Crippen LogP contribution in [0.15, 0.2) is 212 Å². The lowest BCUT2D eigenvalue weighted by Gasteiger charge is -2.32. The predicted octanol–water partition coefficient (Wildman–Crippen LogP) is 9.24. The minimum atomic E-state index is -2.12. The van der Waals surface area contributed by atoms with Gasteiger partial charge in [-0.25, -0.2) is 33.6 Å². The van der Waals surface area contributed by atoms with Crippen LogP contribution in [0.1, 0.15) is 121 Å². The van der Waals surface area contributed by atoms with Crippen molar-refractivity contribution >= 4 is 59.7 Å². The SMILES string of the molecule is CC(=O)O[C@H]1[C@H]([C@@H](COC(=O)C(C)(C)C)O[C@@H]2O[C@@H]([C@@H](CO[C@@H]3O[C@@H]([C@@H](COC(=O)c4ccccc4)OC(=O)c4ccccc4)[C@H](OC(=O)c4ccccc4)[C@H]3OC(=O)c3ccccc3)OC(=O)c3ccccc3)[C@H](OC(=O)c3ccccc3)[C@H]2OC(=O)c2ccccc2)OC(O)[C@@H]1OC(=O)C(C)(C)C. The van der Waals surface area contributed by atoms with Crippen molar-refractivity contribution in [3.63, 3.8) is 0 Å². The second-order valence-electron chi connectivity index (χ2n) is 26.5. The number of hydrogen-bond donors (Lipinski definition) is 1. The van der Waals surface area contributed by atoms with Crippen LogP contribution in [-0.2, 0) is 85.4 Å². The molecule has 10 rings (SSSR count). The lowest BCUT2D eigenvalue weighted by Crippen LogP contribution is -2.50. The fourth-order valence-corrected chi connectivity index (χ4v) is 11.2. The fraction of sp³-hybridized carbons (Fsp3) is 0.342. The van der Waals surface area contributed by atoms with Crippen molar-refractivity contribution in [3.8, 4) is 0 Å². The van der Waals surface area contributed by atoms with Gasteiger partial charge >= 0.3 is 59.7 Å². The number of benzene rings is 7. The second-order valence-corrected chi connectivity index (χ2v) is 26.5. The van der Waals surface area contributed by atoms with Gasteiger partial charge in [0.25, 0.3) is 0 Å². The molecule has 3 aliphatic rings. The van der Waals surface area contributed by atoms with Gasteiger partial charge in [0.05, 0.1) is 56.4 Å². The predicted molar refractivity (Wildman–Crippen MR) is 365 cm³/mol. The zero-order chi connectivity index (χ0) is 75.0. The highest BCUT2D eigenvalue weighted by Crippen LogP contribution is 2.39. The van der Waals surface area contributed by atoms with E-state index in [0.29, 0.717) is 0 Å². The topological polar surface area (TPSA) is 329 Å². The van der Waals surface area contributed by atoms with Crippen LogP contribution in [0.5, 0.6) is 0 Å². The largest absolute Gasteiger partial charge is 0.462 e. The van der Waals surface area contributed by atoms with Gasteiger partial charge in [-0.1, -0.05) is 127 Å². The van der Waals surface area contributed by atoms with Crippen LogP contribution in [0.4, 0.5) is 0 Å². The van der Waals surface area contributed by atoms with E-state index in [2.05, 4.69) is 0 Å². The molecule has 0 saturated carbocycles. The van der Waals surface area contributed by atoms with Crippen LogP contribution in [0, 0.1) is 10.8 Å². The Morgan fingerprint density at radius 2 is 0.638 bits per heavy atom. The van der Waals surface area contributed by atoms with Gasteiger partial charge in [-0.2, -0.15) is 0 Å². The molecule has 26 heteroatoms. The Balaban J connectivity index is 1.11. The van der Waals surface area contributed by atoms with Crippen molar-refractivity contribution < 1.29 is 124 Å². The highest BCUT2D eigenvalue weighted by molar-refractivity contribution is 5.93. The molecule has 105 heavy (non-hydrogen) atoms. The summed E-state index contributed by atoms with van der Waals surface area (Å²) in [5, 5.41) is 11.6. The van der Waals surface area contributed by atoms with Gasteiger partial charge in [0.1, 0.15) is 37.6 Å². The first-order chi connectivity index (χ1) is 50.3. The molecule has 3 saturated heterocycles. The van der Waals surface area contributed by atoms with Crippen molar-refractivity contribution in [2.75, 3.05) is 19.8 Å². The molecular formula is C79H78O26. The van der Waals surface area contributed by atoms with Gasteiger partial charge in [0, 0.05) is 6.92 Å². The average molecular weight is 1440 g/mol. The number of ether oxygens (including phenoxy) is 15. The van der Waals surface area contributed by atoms with Gasteiger partial charge in [0.15, 0.2) is 67.7 Å². The highest BCUT2D eigenvalue weighted by atomic mass is 16.8. The molecule has 1 unspecified atom stereocenters. The number of aliphatic hydroxyl groups is 1. The van der Waals surface area contributed by atoms with Crippen LogP contribution in [0.3, 0.4) is 0 Å². The lowest BCUT2D eigenvalue weighted by atomic mass is 9.97. The maximum absolute atomic E-state index is 14.9. The minimum Gasteiger partial charge on any atom is -0.462 e. The summed E-state index contributed by atoms with van der Waals surface area (Å²) in [4.78, 5) is 142. The molecule has 0 aromatic heterocycles. The third-order valence-corrected chi connectivity index (χ3v) is 16.6. The average Bonchev–Trinajstić information content (AvgIpc) is 1.63. The molecule has 0 amide bonds. The third kappa shape index (κ3) is 20.0. The van der Waals surface area contributed by atoms with Crippen LogP contribution < -0.4 is 0 Å². The van der Waals surface area contributed by atoms with E-state index in [9.17, 15) is 53.1 Å². The molecular weight excluding hydrogens is 1360 g/mol. The summed E-state index contributed by atoms with van der Waals surface area (Å²) in [6, 6.07) is 53.1. The smallest absolute Gasteiger partial charge is 0.338 e. The molecule has 0 bridgehead atoms. The molecule has 15 atom stereocenters. The maximum atomic E-state index is 14.9. The van der Waals surface area contributed by atoms with Crippen molar-refractivity contribution in [1.29, 1.82) is 0 Å². The number of carbonyl (C=O) groups excluding carboxylic acids is 10. The zero-order valence-corrected chi connectivity index (χ0v) is 58.1. The first-order valence-corrected chi connectivity index (χ1v) is 33.6. The monoisotopic (exact) mass is 1440 g/mol. The molecule has 0 radical (unpaired) electrons. The minimum absolute atomic E-state index is 0.0142. The van der Waals surface area contributed by atoms with Crippen molar-refractivity contribution in [2.24, 2.45) is 10.8 Å². The van der Waals surface area contributed by atoms with E-state index in [4.69, 9.17) is 71.1 Å².